The van der Waals surface area contributed by atoms with Crippen LogP contribution in [0.4, 0.5) is 0 Å². The van der Waals surface area contributed by atoms with E-state index in [4.69, 9.17) is 30.1 Å². The fourth-order valence-corrected chi connectivity index (χ4v) is 7.01. The van der Waals surface area contributed by atoms with Crippen molar-refractivity contribution in [2.24, 2.45) is 11.7 Å². The molecule has 0 saturated heterocycles. The highest BCUT2D eigenvalue weighted by Crippen LogP contribution is 2.36. The van der Waals surface area contributed by atoms with E-state index >= 15 is 0 Å². The summed E-state index contributed by atoms with van der Waals surface area (Å²) >= 11 is 1.20. The maximum Gasteiger partial charge on any atom is 0.469 e. The van der Waals surface area contributed by atoms with E-state index in [1.54, 1.807) is 12.2 Å². The summed E-state index contributed by atoms with van der Waals surface area (Å²) in [6, 6.07) is -1.14. The average molecular weight is 832 g/mol. The van der Waals surface area contributed by atoms with Crippen molar-refractivity contribution in [3.05, 3.63) is 48.6 Å². The van der Waals surface area contributed by atoms with E-state index in [1.165, 1.54) is 76.0 Å². The molecule has 6 N–H and O–H groups in total. The molecule has 0 unspecified atom stereocenters. The molecule has 0 saturated carbocycles. The SMILES string of the molecule is CCCCC/C=C\C\C=C/C=C/C=C/[C@@H](SC[C@H](N)C(=O)OC[C@H](COP(=O)(O)O)OC(=O)CCCCCCCCCCCCC(C)C)[C@@H](O)CCCC(=O)O. The van der Waals surface area contributed by atoms with Gasteiger partial charge >= 0.3 is 25.7 Å². The van der Waals surface area contributed by atoms with Crippen LogP contribution in [0.2, 0.25) is 0 Å². The summed E-state index contributed by atoms with van der Waals surface area (Å²) in [5, 5.41) is 19.3. The Morgan fingerprint density at radius 2 is 1.41 bits per heavy atom. The van der Waals surface area contributed by atoms with E-state index < -0.39 is 62.4 Å². The molecule has 0 radical (unpaired) electrons. The van der Waals surface area contributed by atoms with Crippen molar-refractivity contribution in [3.8, 4) is 0 Å². The molecule has 0 aliphatic carbocycles. The minimum absolute atomic E-state index is 0.0414. The first kappa shape index (κ1) is 53.8. The molecule has 0 fully saturated rings. The molecule has 56 heavy (non-hydrogen) atoms. The highest BCUT2D eigenvalue weighted by atomic mass is 32.2. The number of carbonyl (C=O) groups excluding carboxylic acids is 2. The van der Waals surface area contributed by atoms with Crippen LogP contribution in [0.15, 0.2) is 48.6 Å². The standard InChI is InChI=1S/C42H74NO11PS/c1-4-5-6-7-8-9-10-11-15-18-21-24-29-39(38(44)28-26-30-40(45)46)56-34-37(43)42(48)52-32-36(33-53-55(49,50)51)54-41(47)31-25-22-19-16-13-12-14-17-20-23-27-35(2)3/h8-9,11,15,18,21,24,29,35-39,44H,4-7,10,12-14,16-17,19-20,22-23,25-28,30-34,43H2,1-3H3,(H,45,46)(H2,49,50,51)/b9-8-,15-11-,21-18+,29-24+/t36-,37+,38+,39-/m1/s1. The Morgan fingerprint density at radius 1 is 0.768 bits per heavy atom. The lowest BCUT2D eigenvalue weighted by Gasteiger charge is -2.22. The van der Waals surface area contributed by atoms with E-state index in [-0.39, 0.29) is 31.4 Å². The number of carboxylic acids is 1. The summed E-state index contributed by atoms with van der Waals surface area (Å²) in [6.07, 6.45) is 31.7. The Balaban J connectivity index is 4.90. The lowest BCUT2D eigenvalue weighted by Crippen LogP contribution is -2.38. The number of unbranched alkanes of at least 4 members (excludes halogenated alkanes) is 12. The van der Waals surface area contributed by atoms with E-state index in [0.717, 1.165) is 38.0 Å². The van der Waals surface area contributed by atoms with Crippen LogP contribution >= 0.6 is 19.6 Å². The molecule has 324 valence electrons. The molecule has 12 nitrogen and oxygen atoms in total. The minimum atomic E-state index is -4.89. The number of phosphoric ester groups is 1. The van der Waals surface area contributed by atoms with Gasteiger partial charge in [-0.25, -0.2) is 4.57 Å². The van der Waals surface area contributed by atoms with E-state index in [2.05, 4.69) is 37.4 Å². The number of hydrogen-bond donors (Lipinski definition) is 5. The van der Waals surface area contributed by atoms with Gasteiger partial charge in [0.15, 0.2) is 6.10 Å². The monoisotopic (exact) mass is 831 g/mol. The second-order valence-electron chi connectivity index (χ2n) is 14.7. The summed E-state index contributed by atoms with van der Waals surface area (Å²) < 4.78 is 26.5. The minimum Gasteiger partial charge on any atom is -0.481 e. The number of aliphatic hydroxyl groups excluding tert-OH is 1. The van der Waals surface area contributed by atoms with Crippen LogP contribution in [-0.2, 0) is 32.9 Å². The van der Waals surface area contributed by atoms with Crippen LogP contribution < -0.4 is 5.73 Å². The zero-order chi connectivity index (χ0) is 41.9. The molecule has 0 aliphatic heterocycles. The number of carboxylic acid groups (broad SMARTS) is 1. The summed E-state index contributed by atoms with van der Waals surface area (Å²) in [5.74, 6) is -1.58. The fourth-order valence-electron chi connectivity index (χ4n) is 5.53. The molecule has 14 heteroatoms. The first-order chi connectivity index (χ1) is 26.7. The molecule has 0 spiro atoms. The predicted octanol–water partition coefficient (Wildman–Crippen LogP) is 9.13. The van der Waals surface area contributed by atoms with Gasteiger partial charge in [-0.3, -0.25) is 18.9 Å². The van der Waals surface area contributed by atoms with Gasteiger partial charge in [0.05, 0.1) is 12.7 Å². The van der Waals surface area contributed by atoms with Gasteiger partial charge in [-0.2, -0.15) is 0 Å². The molecular weight excluding hydrogens is 757 g/mol. The molecule has 0 aromatic carbocycles. The first-order valence-corrected chi connectivity index (χ1v) is 23.3. The van der Waals surface area contributed by atoms with E-state index in [1.807, 2.05) is 24.3 Å². The van der Waals surface area contributed by atoms with Crippen molar-refractivity contribution >= 4 is 37.5 Å². The zero-order valence-corrected chi connectivity index (χ0v) is 36.1. The number of nitrogens with two attached hydrogens (primary N) is 1. The van der Waals surface area contributed by atoms with E-state index in [9.17, 15) is 24.1 Å². The van der Waals surface area contributed by atoms with Crippen LogP contribution in [0.1, 0.15) is 149 Å². The smallest absolute Gasteiger partial charge is 0.469 e. The molecule has 0 rings (SSSR count). The van der Waals surface area contributed by atoms with Crippen molar-refractivity contribution < 1.29 is 52.9 Å². The average Bonchev–Trinajstić information content (AvgIpc) is 3.13. The number of ether oxygens (including phenoxy) is 2. The van der Waals surface area contributed by atoms with Gasteiger partial charge in [0.1, 0.15) is 12.6 Å². The third-order valence-electron chi connectivity index (χ3n) is 8.77. The van der Waals surface area contributed by atoms with Gasteiger partial charge in [-0.05, 0) is 44.4 Å². The van der Waals surface area contributed by atoms with Crippen LogP contribution in [0.25, 0.3) is 0 Å². The highest BCUT2D eigenvalue weighted by Gasteiger charge is 2.26. The van der Waals surface area contributed by atoms with E-state index in [0.29, 0.717) is 6.42 Å². The Hall–Kier alpha value is -2.25. The van der Waals surface area contributed by atoms with Gasteiger partial charge in [-0.1, -0.05) is 146 Å². The normalized spacial score (nSPS) is 14.6. The van der Waals surface area contributed by atoms with Gasteiger partial charge in [0, 0.05) is 23.8 Å². The van der Waals surface area contributed by atoms with Crippen LogP contribution in [-0.4, -0.2) is 80.4 Å². The van der Waals surface area contributed by atoms with Gasteiger partial charge in [0.2, 0.25) is 0 Å². The largest absolute Gasteiger partial charge is 0.481 e. The summed E-state index contributed by atoms with van der Waals surface area (Å²) in [5.41, 5.74) is 6.09. The van der Waals surface area contributed by atoms with Gasteiger partial charge in [0.25, 0.3) is 0 Å². The highest BCUT2D eigenvalue weighted by molar-refractivity contribution is 8.00. The number of rotatable bonds is 37. The molecule has 0 aromatic rings. The number of hydrogen-bond acceptors (Lipinski definition) is 10. The van der Waals surface area contributed by atoms with Crippen molar-refractivity contribution in [1.29, 1.82) is 0 Å². The van der Waals surface area contributed by atoms with Crippen molar-refractivity contribution in [1.82, 2.24) is 0 Å². The second kappa shape index (κ2) is 35.9. The quantitative estimate of drug-likeness (QED) is 0.0131. The molecule has 0 amide bonds. The fraction of sp³-hybridized carbons (Fsp3) is 0.738. The van der Waals surface area contributed by atoms with Gasteiger partial charge in [-0.15, -0.1) is 11.8 Å². The van der Waals surface area contributed by atoms with Crippen LogP contribution in [0, 0.1) is 5.92 Å². The molecular formula is C42H74NO11PS. The third kappa shape index (κ3) is 36.1. The summed E-state index contributed by atoms with van der Waals surface area (Å²) in [7, 11) is -4.89. The Kier molecular flexibility index (Phi) is 34.4. The lowest BCUT2D eigenvalue weighted by molar-refractivity contribution is -0.161. The Labute approximate surface area is 341 Å². The number of allylic oxidation sites excluding steroid dienone is 7. The maximum atomic E-state index is 12.8. The number of phosphoric acid groups is 1. The maximum absolute atomic E-state index is 12.8. The number of esters is 2. The number of aliphatic carboxylic acids is 1. The lowest BCUT2D eigenvalue weighted by atomic mass is 10.0. The number of aliphatic hydroxyl groups is 1. The summed E-state index contributed by atoms with van der Waals surface area (Å²) in [6.45, 7) is 5.49. The Bertz CT molecular complexity index is 1190. The third-order valence-corrected chi connectivity index (χ3v) is 10.7. The molecule has 0 bridgehead atoms. The second-order valence-corrected chi connectivity index (χ2v) is 17.1. The number of thioether (sulfide) groups is 1. The topological polar surface area (TPSA) is 203 Å². The summed E-state index contributed by atoms with van der Waals surface area (Å²) in [4.78, 5) is 54.6. The van der Waals surface area contributed by atoms with Crippen molar-refractivity contribution in [3.63, 3.8) is 0 Å². The van der Waals surface area contributed by atoms with Crippen LogP contribution in [0.3, 0.4) is 0 Å². The number of carbonyl (C=O) groups is 3. The molecule has 0 aliphatic rings. The van der Waals surface area contributed by atoms with Gasteiger partial charge < -0.3 is 35.2 Å². The van der Waals surface area contributed by atoms with Crippen molar-refractivity contribution in [2.75, 3.05) is 19.0 Å². The predicted molar refractivity (Wildman–Crippen MR) is 226 cm³/mol. The first-order valence-electron chi connectivity index (χ1n) is 20.7. The molecule has 0 heterocycles. The molecule has 4 atom stereocenters. The zero-order valence-electron chi connectivity index (χ0n) is 34.3. The van der Waals surface area contributed by atoms with Crippen LogP contribution in [0.5, 0.6) is 0 Å². The Morgan fingerprint density at radius 3 is 2.04 bits per heavy atom. The molecule has 0 aromatic heterocycles. The van der Waals surface area contributed by atoms with Crippen molar-refractivity contribution in [2.45, 2.75) is 173 Å².